The van der Waals surface area contributed by atoms with Gasteiger partial charge in [0.2, 0.25) is 0 Å². The number of hydrogen-bond donors (Lipinski definition) is 3. The lowest BCUT2D eigenvalue weighted by molar-refractivity contribution is 0.149. The molecule has 0 radical (unpaired) electrons. The van der Waals surface area contributed by atoms with Crippen LogP contribution in [0.15, 0.2) is 41.0 Å². The first-order chi connectivity index (χ1) is 11.0. The van der Waals surface area contributed by atoms with E-state index in [1.54, 1.807) is 30.3 Å². The largest absolute Gasteiger partial charge is 0.487 e. The number of aliphatic hydroxyl groups excluding tert-OH is 1. The van der Waals surface area contributed by atoms with Crippen LogP contribution in [0.25, 0.3) is 0 Å². The van der Waals surface area contributed by atoms with Gasteiger partial charge >= 0.3 is 6.03 Å². The fraction of sp³-hybridized carbons (Fsp3) is 0.312. The van der Waals surface area contributed by atoms with Gasteiger partial charge in [0.05, 0.1) is 29.6 Å². The lowest BCUT2D eigenvalue weighted by atomic mass is 10.2. The number of rotatable bonds is 6. The predicted octanol–water partition coefficient (Wildman–Crippen LogP) is 3.58. The molecule has 1 aromatic carbocycles. The molecule has 3 N–H and O–H groups in total. The van der Waals surface area contributed by atoms with Gasteiger partial charge in [0, 0.05) is 0 Å². The molecule has 0 saturated heterocycles. The van der Waals surface area contributed by atoms with E-state index in [1.807, 2.05) is 13.8 Å². The Morgan fingerprint density at radius 1 is 1.35 bits per heavy atom. The summed E-state index contributed by atoms with van der Waals surface area (Å²) in [7, 11) is 0. The number of aliphatic hydroxyl groups is 1. The molecular weight excluding hydrogens is 320 g/mol. The van der Waals surface area contributed by atoms with Gasteiger partial charge in [-0.15, -0.1) is 0 Å². The Bertz CT molecular complexity index is 644. The van der Waals surface area contributed by atoms with E-state index in [0.717, 1.165) is 0 Å². The number of nitrogens with one attached hydrogen (secondary N) is 2. The van der Waals surface area contributed by atoms with Gasteiger partial charge in [-0.1, -0.05) is 17.7 Å². The molecule has 6 nitrogen and oxygen atoms in total. The highest BCUT2D eigenvalue weighted by Crippen LogP contribution is 2.33. The fourth-order valence-corrected chi connectivity index (χ4v) is 2.12. The summed E-state index contributed by atoms with van der Waals surface area (Å²) in [5.41, 5.74) is 0.455. The van der Waals surface area contributed by atoms with E-state index in [4.69, 9.17) is 20.8 Å². The molecule has 0 unspecified atom stereocenters. The number of para-hydroxylation sites is 1. The van der Waals surface area contributed by atoms with Crippen LogP contribution >= 0.6 is 11.6 Å². The van der Waals surface area contributed by atoms with Gasteiger partial charge in [-0.05, 0) is 38.1 Å². The maximum absolute atomic E-state index is 12.0. The fourth-order valence-electron chi connectivity index (χ4n) is 1.90. The minimum absolute atomic E-state index is 0.0142. The van der Waals surface area contributed by atoms with Crippen molar-refractivity contribution in [1.29, 1.82) is 0 Å². The molecule has 2 rings (SSSR count). The first kappa shape index (κ1) is 17.2. The van der Waals surface area contributed by atoms with Gasteiger partial charge in [-0.3, -0.25) is 0 Å². The number of benzene rings is 1. The molecule has 2 amide bonds. The summed E-state index contributed by atoms with van der Waals surface area (Å²) in [6.07, 6.45) is 0.459. The number of carbonyl (C=O) groups is 1. The molecule has 0 bridgehead atoms. The third-order valence-corrected chi connectivity index (χ3v) is 3.19. The predicted molar refractivity (Wildman–Crippen MR) is 87.9 cm³/mol. The summed E-state index contributed by atoms with van der Waals surface area (Å²) < 4.78 is 10.7. The molecule has 124 valence electrons. The lowest BCUT2D eigenvalue weighted by Gasteiger charge is -2.17. The zero-order valence-corrected chi connectivity index (χ0v) is 13.6. The van der Waals surface area contributed by atoms with Gasteiger partial charge in [0.15, 0.2) is 5.75 Å². The van der Waals surface area contributed by atoms with Gasteiger partial charge in [-0.2, -0.15) is 0 Å². The van der Waals surface area contributed by atoms with E-state index < -0.39 is 12.1 Å². The highest BCUT2D eigenvalue weighted by molar-refractivity contribution is 6.32. The Balaban J connectivity index is 1.96. The minimum Gasteiger partial charge on any atom is -0.487 e. The van der Waals surface area contributed by atoms with E-state index in [-0.39, 0.29) is 12.6 Å². The number of amides is 2. The number of furan rings is 1. The SMILES string of the molecule is CC(C)Oc1c(Cl)cccc1NC(=O)NC[C@@H](O)c1ccco1. The molecule has 0 saturated carbocycles. The molecule has 7 heteroatoms. The minimum atomic E-state index is -0.915. The summed E-state index contributed by atoms with van der Waals surface area (Å²) in [6, 6.07) is 7.90. The number of carbonyl (C=O) groups excluding carboxylic acids is 1. The average Bonchev–Trinajstić information content (AvgIpc) is 3.02. The number of ether oxygens (including phenoxy) is 1. The van der Waals surface area contributed by atoms with Crippen LogP contribution in [0.1, 0.15) is 25.7 Å². The molecule has 0 aliphatic rings. The van der Waals surface area contributed by atoms with Crippen molar-refractivity contribution < 1.29 is 19.1 Å². The Morgan fingerprint density at radius 3 is 2.78 bits per heavy atom. The van der Waals surface area contributed by atoms with E-state index in [1.165, 1.54) is 6.26 Å². The van der Waals surface area contributed by atoms with Crippen LogP contribution in [0.4, 0.5) is 10.5 Å². The van der Waals surface area contributed by atoms with E-state index in [0.29, 0.717) is 22.2 Å². The maximum Gasteiger partial charge on any atom is 0.319 e. The van der Waals surface area contributed by atoms with E-state index >= 15 is 0 Å². The number of urea groups is 1. The molecule has 0 spiro atoms. The van der Waals surface area contributed by atoms with Crippen LogP contribution in [-0.4, -0.2) is 23.8 Å². The second kappa shape index (κ2) is 7.89. The lowest BCUT2D eigenvalue weighted by Crippen LogP contribution is -2.32. The van der Waals surface area contributed by atoms with Gasteiger partial charge in [0.25, 0.3) is 0 Å². The zero-order valence-electron chi connectivity index (χ0n) is 12.9. The Hall–Kier alpha value is -2.18. The van der Waals surface area contributed by atoms with E-state index in [9.17, 15) is 9.90 Å². The summed E-state index contributed by atoms with van der Waals surface area (Å²) in [4.78, 5) is 12.0. The zero-order chi connectivity index (χ0) is 16.8. The van der Waals surface area contributed by atoms with Crippen molar-refractivity contribution in [2.75, 3.05) is 11.9 Å². The Labute approximate surface area is 139 Å². The van der Waals surface area contributed by atoms with Crippen molar-refractivity contribution in [2.24, 2.45) is 0 Å². The van der Waals surface area contributed by atoms with Crippen LogP contribution in [-0.2, 0) is 0 Å². The molecule has 0 aliphatic heterocycles. The second-order valence-corrected chi connectivity index (χ2v) is 5.56. The Morgan fingerprint density at radius 2 is 2.13 bits per heavy atom. The Kier molecular flexibility index (Phi) is 5.90. The first-order valence-electron chi connectivity index (χ1n) is 7.19. The van der Waals surface area contributed by atoms with Gasteiger partial charge in [-0.25, -0.2) is 4.79 Å². The van der Waals surface area contributed by atoms with Gasteiger partial charge in [0.1, 0.15) is 11.9 Å². The molecular formula is C16H19ClN2O4. The normalized spacial score (nSPS) is 12.0. The summed E-state index contributed by atoms with van der Waals surface area (Å²) >= 11 is 6.10. The van der Waals surface area contributed by atoms with Crippen molar-refractivity contribution in [3.05, 3.63) is 47.4 Å². The standard InChI is InChI=1S/C16H19ClN2O4/c1-10(2)23-15-11(17)5-3-6-12(15)19-16(21)18-9-13(20)14-7-4-8-22-14/h3-8,10,13,20H,9H2,1-2H3,(H2,18,19,21)/t13-/m1/s1. The smallest absolute Gasteiger partial charge is 0.319 e. The highest BCUT2D eigenvalue weighted by Gasteiger charge is 2.15. The van der Waals surface area contributed by atoms with Crippen molar-refractivity contribution >= 4 is 23.3 Å². The van der Waals surface area contributed by atoms with Gasteiger partial charge < -0.3 is 24.9 Å². The quantitative estimate of drug-likeness (QED) is 0.751. The van der Waals surface area contributed by atoms with Crippen molar-refractivity contribution in [2.45, 2.75) is 26.1 Å². The highest BCUT2D eigenvalue weighted by atomic mass is 35.5. The summed E-state index contributed by atoms with van der Waals surface area (Å²) in [5, 5.41) is 15.5. The average molecular weight is 339 g/mol. The van der Waals surface area contributed by atoms with Crippen LogP contribution < -0.4 is 15.4 Å². The molecule has 0 aliphatic carbocycles. The van der Waals surface area contributed by atoms with Crippen LogP contribution in [0, 0.1) is 0 Å². The van der Waals surface area contributed by atoms with Crippen molar-refractivity contribution in [1.82, 2.24) is 5.32 Å². The molecule has 23 heavy (non-hydrogen) atoms. The number of hydrogen-bond acceptors (Lipinski definition) is 4. The molecule has 2 aromatic rings. The van der Waals surface area contributed by atoms with Crippen LogP contribution in [0.5, 0.6) is 5.75 Å². The molecule has 0 fully saturated rings. The first-order valence-corrected chi connectivity index (χ1v) is 7.56. The van der Waals surface area contributed by atoms with Crippen LogP contribution in [0.2, 0.25) is 5.02 Å². The maximum atomic E-state index is 12.0. The van der Waals surface area contributed by atoms with E-state index in [2.05, 4.69) is 10.6 Å². The monoisotopic (exact) mass is 338 g/mol. The van der Waals surface area contributed by atoms with Crippen LogP contribution in [0.3, 0.4) is 0 Å². The number of halogens is 1. The summed E-state index contributed by atoms with van der Waals surface area (Å²) in [6.45, 7) is 3.75. The second-order valence-electron chi connectivity index (χ2n) is 5.15. The molecule has 1 heterocycles. The topological polar surface area (TPSA) is 83.7 Å². The molecule has 1 atom stereocenters. The third kappa shape index (κ3) is 4.91. The summed E-state index contributed by atoms with van der Waals surface area (Å²) in [5.74, 6) is 0.794. The third-order valence-electron chi connectivity index (χ3n) is 2.90. The molecule has 1 aromatic heterocycles. The van der Waals surface area contributed by atoms with Crippen molar-refractivity contribution in [3.8, 4) is 5.75 Å². The number of anilines is 1. The van der Waals surface area contributed by atoms with Crippen molar-refractivity contribution in [3.63, 3.8) is 0 Å².